The van der Waals surface area contributed by atoms with E-state index in [1.807, 2.05) is 4.90 Å². The molecule has 2 unspecified atom stereocenters. The van der Waals surface area contributed by atoms with E-state index in [0.29, 0.717) is 44.4 Å². The second kappa shape index (κ2) is 9.15. The lowest BCUT2D eigenvalue weighted by Gasteiger charge is -2.24. The molecule has 2 atom stereocenters. The minimum absolute atomic E-state index is 0.0200. The van der Waals surface area contributed by atoms with Gasteiger partial charge in [-0.2, -0.15) is 0 Å². The largest absolute Gasteiger partial charge is 0.492 e. The fourth-order valence-corrected chi connectivity index (χ4v) is 3.66. The molecular formula is C20H25FN6O2. The summed E-state index contributed by atoms with van der Waals surface area (Å²) in [4.78, 5) is 25.6. The second-order valence-corrected chi connectivity index (χ2v) is 7.26. The van der Waals surface area contributed by atoms with Crippen LogP contribution in [-0.2, 0) is 4.79 Å². The molecule has 1 amide bonds. The molecule has 9 heteroatoms. The van der Waals surface area contributed by atoms with E-state index in [9.17, 15) is 9.18 Å². The Kier molecular flexibility index (Phi) is 6.16. The summed E-state index contributed by atoms with van der Waals surface area (Å²) in [6, 6.07) is 7.54. The Labute approximate surface area is 169 Å². The van der Waals surface area contributed by atoms with Crippen molar-refractivity contribution in [2.24, 2.45) is 0 Å². The summed E-state index contributed by atoms with van der Waals surface area (Å²) < 4.78 is 18.9. The van der Waals surface area contributed by atoms with Crippen LogP contribution in [0.3, 0.4) is 0 Å². The van der Waals surface area contributed by atoms with Crippen LogP contribution in [0.5, 0.6) is 5.75 Å². The fourth-order valence-electron chi connectivity index (χ4n) is 3.66. The number of aromatic nitrogens is 2. The highest BCUT2D eigenvalue weighted by molar-refractivity contribution is 5.82. The highest BCUT2D eigenvalue weighted by atomic mass is 19.1. The molecule has 2 aliphatic heterocycles. The summed E-state index contributed by atoms with van der Waals surface area (Å²) in [6.07, 6.45) is 4.96. The lowest BCUT2D eigenvalue weighted by molar-refractivity contribution is -0.133. The van der Waals surface area contributed by atoms with Crippen molar-refractivity contribution in [2.75, 3.05) is 37.7 Å². The van der Waals surface area contributed by atoms with Gasteiger partial charge in [0.2, 0.25) is 11.9 Å². The standard InChI is InChI=1S/C20H25FN6O2/c21-15-4-1-5-17(12-15)29-14-16-13-18(25-24-16)19(28)26-8-3-9-27(11-10-26)20-22-6-2-7-23-20/h1-2,4-7,12,16,18,24-25H,3,8-11,13-14H2. The number of rotatable bonds is 5. The Morgan fingerprint density at radius 3 is 2.83 bits per heavy atom. The van der Waals surface area contributed by atoms with E-state index in [4.69, 9.17) is 4.74 Å². The van der Waals surface area contributed by atoms with Crippen molar-refractivity contribution >= 4 is 11.9 Å². The first-order valence-corrected chi connectivity index (χ1v) is 9.89. The molecule has 1 aromatic heterocycles. The van der Waals surface area contributed by atoms with Crippen LogP contribution >= 0.6 is 0 Å². The third-order valence-electron chi connectivity index (χ3n) is 5.17. The second-order valence-electron chi connectivity index (χ2n) is 7.26. The molecule has 29 heavy (non-hydrogen) atoms. The van der Waals surface area contributed by atoms with Gasteiger partial charge in [-0.05, 0) is 31.0 Å². The molecule has 4 rings (SSSR count). The average Bonchev–Trinajstić information content (AvgIpc) is 3.08. The number of nitrogens with zero attached hydrogens (tertiary/aromatic N) is 4. The Hall–Kier alpha value is -2.78. The zero-order chi connectivity index (χ0) is 20.1. The topological polar surface area (TPSA) is 82.6 Å². The van der Waals surface area contributed by atoms with Gasteiger partial charge < -0.3 is 14.5 Å². The molecule has 2 fully saturated rings. The number of benzene rings is 1. The zero-order valence-corrected chi connectivity index (χ0v) is 16.1. The van der Waals surface area contributed by atoms with E-state index in [1.165, 1.54) is 12.1 Å². The van der Waals surface area contributed by atoms with Gasteiger partial charge in [-0.15, -0.1) is 0 Å². The van der Waals surface area contributed by atoms with Crippen LogP contribution in [0.1, 0.15) is 12.8 Å². The van der Waals surface area contributed by atoms with E-state index in [1.54, 1.807) is 30.6 Å². The SMILES string of the molecule is O=C(C1CC(COc2cccc(F)c2)NN1)N1CCCN(c2ncccn2)CC1. The number of carbonyl (C=O) groups is 1. The van der Waals surface area contributed by atoms with Gasteiger partial charge in [0.15, 0.2) is 0 Å². The van der Waals surface area contributed by atoms with Crippen LogP contribution in [-0.4, -0.2) is 65.6 Å². The summed E-state index contributed by atoms with van der Waals surface area (Å²) in [7, 11) is 0. The van der Waals surface area contributed by atoms with Crippen LogP contribution in [0, 0.1) is 5.82 Å². The molecule has 2 N–H and O–H groups in total. The molecule has 2 aromatic rings. The van der Waals surface area contributed by atoms with Crippen molar-refractivity contribution in [1.82, 2.24) is 25.7 Å². The molecule has 0 radical (unpaired) electrons. The number of carbonyl (C=O) groups excluding carboxylic acids is 1. The maximum absolute atomic E-state index is 13.2. The lowest BCUT2D eigenvalue weighted by atomic mass is 10.1. The first kappa shape index (κ1) is 19.5. The Bertz CT molecular complexity index is 824. The first-order valence-electron chi connectivity index (χ1n) is 9.89. The maximum atomic E-state index is 13.2. The summed E-state index contributed by atoms with van der Waals surface area (Å²) in [5.74, 6) is 0.945. The highest BCUT2D eigenvalue weighted by Crippen LogP contribution is 2.16. The third-order valence-corrected chi connectivity index (χ3v) is 5.17. The summed E-state index contributed by atoms with van der Waals surface area (Å²) in [6.45, 7) is 3.25. The Balaban J connectivity index is 1.26. The van der Waals surface area contributed by atoms with Crippen molar-refractivity contribution in [1.29, 1.82) is 0 Å². The monoisotopic (exact) mass is 400 g/mol. The zero-order valence-electron chi connectivity index (χ0n) is 16.1. The van der Waals surface area contributed by atoms with Crippen LogP contribution < -0.4 is 20.5 Å². The quantitative estimate of drug-likeness (QED) is 0.774. The normalized spacial score (nSPS) is 22.4. The van der Waals surface area contributed by atoms with Gasteiger partial charge in [-0.1, -0.05) is 6.07 Å². The summed E-state index contributed by atoms with van der Waals surface area (Å²) >= 11 is 0. The molecular weight excluding hydrogens is 375 g/mol. The van der Waals surface area contributed by atoms with Gasteiger partial charge in [0.25, 0.3) is 0 Å². The Morgan fingerprint density at radius 2 is 2.00 bits per heavy atom. The smallest absolute Gasteiger partial charge is 0.241 e. The van der Waals surface area contributed by atoms with Crippen LogP contribution in [0.25, 0.3) is 0 Å². The molecule has 2 aliphatic rings. The number of amides is 1. The van der Waals surface area contributed by atoms with Crippen molar-refractivity contribution in [2.45, 2.75) is 24.9 Å². The third kappa shape index (κ3) is 4.99. The lowest BCUT2D eigenvalue weighted by Crippen LogP contribution is -2.47. The predicted octanol–water partition coefficient (Wildman–Crippen LogP) is 0.968. The average molecular weight is 400 g/mol. The van der Waals surface area contributed by atoms with E-state index >= 15 is 0 Å². The molecule has 0 saturated carbocycles. The van der Waals surface area contributed by atoms with E-state index in [-0.39, 0.29) is 23.8 Å². The minimum Gasteiger partial charge on any atom is -0.492 e. The van der Waals surface area contributed by atoms with Gasteiger partial charge in [-0.25, -0.2) is 19.8 Å². The van der Waals surface area contributed by atoms with Gasteiger partial charge in [0.1, 0.15) is 24.2 Å². The first-order chi connectivity index (χ1) is 14.2. The molecule has 0 bridgehead atoms. The molecule has 3 heterocycles. The van der Waals surface area contributed by atoms with E-state index in [2.05, 4.69) is 25.7 Å². The van der Waals surface area contributed by atoms with Gasteiger partial charge in [0, 0.05) is 44.6 Å². The number of nitrogens with one attached hydrogen (secondary N) is 2. The van der Waals surface area contributed by atoms with Crippen molar-refractivity contribution < 1.29 is 13.9 Å². The molecule has 2 saturated heterocycles. The maximum Gasteiger partial charge on any atom is 0.241 e. The fraction of sp³-hybridized carbons (Fsp3) is 0.450. The van der Waals surface area contributed by atoms with Crippen molar-refractivity contribution in [3.63, 3.8) is 0 Å². The van der Waals surface area contributed by atoms with Crippen LogP contribution in [0.4, 0.5) is 10.3 Å². The molecule has 0 aliphatic carbocycles. The van der Waals surface area contributed by atoms with Crippen LogP contribution in [0.15, 0.2) is 42.7 Å². The van der Waals surface area contributed by atoms with Gasteiger partial charge in [-0.3, -0.25) is 10.2 Å². The molecule has 1 aromatic carbocycles. The number of halogens is 1. The number of ether oxygens (including phenoxy) is 1. The van der Waals surface area contributed by atoms with E-state index < -0.39 is 0 Å². The van der Waals surface area contributed by atoms with Gasteiger partial charge in [0.05, 0.1) is 6.04 Å². The molecule has 8 nitrogen and oxygen atoms in total. The van der Waals surface area contributed by atoms with Crippen molar-refractivity contribution in [3.05, 3.63) is 48.5 Å². The predicted molar refractivity (Wildman–Crippen MR) is 106 cm³/mol. The van der Waals surface area contributed by atoms with Gasteiger partial charge >= 0.3 is 0 Å². The number of hydrazine groups is 1. The van der Waals surface area contributed by atoms with E-state index in [0.717, 1.165) is 13.0 Å². The Morgan fingerprint density at radius 1 is 1.14 bits per heavy atom. The summed E-state index contributed by atoms with van der Waals surface area (Å²) in [5, 5.41) is 0. The number of anilines is 1. The minimum atomic E-state index is -0.329. The van der Waals surface area contributed by atoms with Crippen LogP contribution in [0.2, 0.25) is 0 Å². The summed E-state index contributed by atoms with van der Waals surface area (Å²) in [5.41, 5.74) is 6.20. The van der Waals surface area contributed by atoms with Crippen molar-refractivity contribution in [3.8, 4) is 5.75 Å². The number of hydrogen-bond acceptors (Lipinski definition) is 7. The number of hydrogen-bond donors (Lipinski definition) is 2. The molecule has 0 spiro atoms. The molecule has 154 valence electrons. The highest BCUT2D eigenvalue weighted by Gasteiger charge is 2.33.